The van der Waals surface area contributed by atoms with Gasteiger partial charge in [-0.1, -0.05) is 30.3 Å². The van der Waals surface area contributed by atoms with Crippen molar-refractivity contribution in [3.63, 3.8) is 0 Å². The predicted molar refractivity (Wildman–Crippen MR) is 111 cm³/mol. The van der Waals surface area contributed by atoms with Crippen molar-refractivity contribution >= 4 is 17.9 Å². The normalized spacial score (nSPS) is 10.9. The van der Waals surface area contributed by atoms with Gasteiger partial charge in [0.15, 0.2) is 0 Å². The molecule has 3 rings (SSSR count). The van der Waals surface area contributed by atoms with Gasteiger partial charge >= 0.3 is 0 Å². The summed E-state index contributed by atoms with van der Waals surface area (Å²) in [5.41, 5.74) is 2.29. The van der Waals surface area contributed by atoms with Crippen LogP contribution >= 0.6 is 0 Å². The molecule has 0 atom stereocenters. The Bertz CT molecular complexity index is 985. The lowest BCUT2D eigenvalue weighted by Crippen LogP contribution is -2.34. The molecule has 3 aromatic rings. The van der Waals surface area contributed by atoms with Crippen LogP contribution in [0, 0.1) is 0 Å². The Morgan fingerprint density at radius 3 is 2.31 bits per heavy atom. The Kier molecular flexibility index (Phi) is 6.73. The van der Waals surface area contributed by atoms with Gasteiger partial charge in [-0.2, -0.15) is 0 Å². The summed E-state index contributed by atoms with van der Waals surface area (Å²) in [5.74, 6) is -0.0366. The highest BCUT2D eigenvalue weighted by molar-refractivity contribution is 6.05. The van der Waals surface area contributed by atoms with Crippen LogP contribution in [0.25, 0.3) is 6.08 Å². The molecular formula is C23H21N3O3. The summed E-state index contributed by atoms with van der Waals surface area (Å²) in [4.78, 5) is 29.3. The fourth-order valence-corrected chi connectivity index (χ4v) is 2.59. The maximum atomic E-state index is 12.8. The van der Waals surface area contributed by atoms with Crippen LogP contribution in [0.3, 0.4) is 0 Å². The maximum absolute atomic E-state index is 12.8. The van der Waals surface area contributed by atoms with Crippen molar-refractivity contribution in [2.24, 2.45) is 0 Å². The number of carbonyl (C=O) groups excluding carboxylic acids is 2. The van der Waals surface area contributed by atoms with Crippen molar-refractivity contribution in [3.05, 3.63) is 102 Å². The van der Waals surface area contributed by atoms with Crippen LogP contribution in [0.2, 0.25) is 0 Å². The molecule has 0 aliphatic rings. The van der Waals surface area contributed by atoms with Gasteiger partial charge in [0, 0.05) is 24.5 Å². The molecule has 6 nitrogen and oxygen atoms in total. The molecule has 2 aromatic carbocycles. The smallest absolute Gasteiger partial charge is 0.268 e. The quantitative estimate of drug-likeness (QED) is 0.610. The molecule has 29 heavy (non-hydrogen) atoms. The van der Waals surface area contributed by atoms with Gasteiger partial charge in [-0.25, -0.2) is 0 Å². The van der Waals surface area contributed by atoms with Crippen molar-refractivity contribution in [3.8, 4) is 5.75 Å². The van der Waals surface area contributed by atoms with Gasteiger partial charge in [0.2, 0.25) is 0 Å². The predicted octanol–water partition coefficient (Wildman–Crippen LogP) is 3.18. The van der Waals surface area contributed by atoms with Crippen molar-refractivity contribution in [2.45, 2.75) is 6.54 Å². The third kappa shape index (κ3) is 5.77. The lowest BCUT2D eigenvalue weighted by Gasteiger charge is -2.11. The van der Waals surface area contributed by atoms with Gasteiger partial charge in [0.05, 0.1) is 7.11 Å². The summed E-state index contributed by atoms with van der Waals surface area (Å²) >= 11 is 0. The highest BCUT2D eigenvalue weighted by Gasteiger charge is 2.14. The molecule has 0 unspecified atom stereocenters. The van der Waals surface area contributed by atoms with E-state index >= 15 is 0 Å². The molecule has 0 aliphatic carbocycles. The van der Waals surface area contributed by atoms with Gasteiger partial charge in [-0.05, 0) is 53.6 Å². The van der Waals surface area contributed by atoms with Crippen LogP contribution in [0.15, 0.2) is 84.8 Å². The van der Waals surface area contributed by atoms with E-state index in [1.807, 2.05) is 30.3 Å². The zero-order chi connectivity index (χ0) is 20.5. The summed E-state index contributed by atoms with van der Waals surface area (Å²) in [6.07, 6.45) is 4.95. The Hall–Kier alpha value is -3.93. The zero-order valence-corrected chi connectivity index (χ0v) is 16.0. The minimum absolute atomic E-state index is 0.151. The van der Waals surface area contributed by atoms with Gasteiger partial charge < -0.3 is 15.4 Å². The summed E-state index contributed by atoms with van der Waals surface area (Å²) < 4.78 is 5.16. The number of aromatic nitrogens is 1. The standard InChI is InChI=1S/C23H21N3O3/c1-29-20-9-7-17(8-10-20)15-21(26-22(27)19-5-3-2-4-6-19)23(28)25-16-18-11-13-24-14-12-18/h2-15H,16H2,1H3,(H,25,28)(H,26,27)/b21-15-. The fourth-order valence-electron chi connectivity index (χ4n) is 2.59. The zero-order valence-electron chi connectivity index (χ0n) is 16.0. The summed E-state index contributed by atoms with van der Waals surface area (Å²) in [6, 6.07) is 19.6. The molecule has 146 valence electrons. The number of benzene rings is 2. The van der Waals surface area contributed by atoms with Crippen LogP contribution in [-0.2, 0) is 11.3 Å². The average molecular weight is 387 g/mol. The van der Waals surface area contributed by atoms with E-state index in [0.29, 0.717) is 17.9 Å². The van der Waals surface area contributed by atoms with Gasteiger partial charge in [0.25, 0.3) is 11.8 Å². The number of nitrogens with zero attached hydrogens (tertiary/aromatic N) is 1. The second-order valence-electron chi connectivity index (χ2n) is 6.19. The number of nitrogens with one attached hydrogen (secondary N) is 2. The van der Waals surface area contributed by atoms with Gasteiger partial charge in [0.1, 0.15) is 11.4 Å². The number of pyridine rings is 1. The molecule has 0 fully saturated rings. The van der Waals surface area contributed by atoms with E-state index in [4.69, 9.17) is 4.74 Å². The minimum Gasteiger partial charge on any atom is -0.497 e. The number of carbonyl (C=O) groups is 2. The van der Waals surface area contributed by atoms with E-state index in [-0.39, 0.29) is 17.5 Å². The van der Waals surface area contributed by atoms with Crippen LogP contribution in [0.5, 0.6) is 5.75 Å². The van der Waals surface area contributed by atoms with E-state index in [9.17, 15) is 9.59 Å². The number of hydrogen-bond acceptors (Lipinski definition) is 4. The lowest BCUT2D eigenvalue weighted by atomic mass is 10.1. The molecule has 0 spiro atoms. The molecule has 0 aliphatic heterocycles. The molecule has 0 saturated heterocycles. The molecule has 2 amide bonds. The largest absolute Gasteiger partial charge is 0.497 e. The SMILES string of the molecule is COc1ccc(/C=C(\NC(=O)c2ccccc2)C(=O)NCc2ccncc2)cc1. The van der Waals surface area contributed by atoms with Crippen LogP contribution in [-0.4, -0.2) is 23.9 Å². The molecule has 6 heteroatoms. The summed E-state index contributed by atoms with van der Waals surface area (Å²) in [7, 11) is 1.59. The first-order valence-corrected chi connectivity index (χ1v) is 9.05. The minimum atomic E-state index is -0.387. The molecule has 1 heterocycles. The summed E-state index contributed by atoms with van der Waals surface area (Å²) in [5, 5.41) is 5.54. The Morgan fingerprint density at radius 2 is 1.66 bits per heavy atom. The highest BCUT2D eigenvalue weighted by atomic mass is 16.5. The number of ether oxygens (including phenoxy) is 1. The number of amides is 2. The van der Waals surface area contributed by atoms with Crippen LogP contribution in [0.1, 0.15) is 21.5 Å². The van der Waals surface area contributed by atoms with Crippen molar-refractivity contribution in [2.75, 3.05) is 7.11 Å². The molecule has 0 radical (unpaired) electrons. The lowest BCUT2D eigenvalue weighted by molar-refractivity contribution is -0.117. The monoisotopic (exact) mass is 387 g/mol. The molecule has 0 saturated carbocycles. The van der Waals surface area contributed by atoms with Crippen molar-refractivity contribution < 1.29 is 14.3 Å². The highest BCUT2D eigenvalue weighted by Crippen LogP contribution is 2.14. The average Bonchev–Trinajstić information content (AvgIpc) is 2.78. The maximum Gasteiger partial charge on any atom is 0.268 e. The van der Waals surface area contributed by atoms with Gasteiger partial charge in [-0.15, -0.1) is 0 Å². The first-order chi connectivity index (χ1) is 14.2. The topological polar surface area (TPSA) is 80.3 Å². The first kappa shape index (κ1) is 19.8. The molecule has 1 aromatic heterocycles. The fraction of sp³-hybridized carbons (Fsp3) is 0.0870. The molecule has 0 bridgehead atoms. The third-order valence-electron chi connectivity index (χ3n) is 4.16. The Labute approximate surface area is 169 Å². The van der Waals surface area contributed by atoms with Crippen LogP contribution < -0.4 is 15.4 Å². The van der Waals surface area contributed by atoms with E-state index in [1.165, 1.54) is 0 Å². The van der Waals surface area contributed by atoms with E-state index in [0.717, 1.165) is 11.1 Å². The third-order valence-corrected chi connectivity index (χ3v) is 4.16. The number of rotatable bonds is 7. The van der Waals surface area contributed by atoms with E-state index in [1.54, 1.807) is 62.0 Å². The molecule has 2 N–H and O–H groups in total. The second kappa shape index (κ2) is 9.85. The van der Waals surface area contributed by atoms with Crippen molar-refractivity contribution in [1.29, 1.82) is 0 Å². The Balaban J connectivity index is 1.80. The first-order valence-electron chi connectivity index (χ1n) is 9.05. The second-order valence-corrected chi connectivity index (χ2v) is 6.19. The Morgan fingerprint density at radius 1 is 0.966 bits per heavy atom. The van der Waals surface area contributed by atoms with E-state index < -0.39 is 0 Å². The molecular weight excluding hydrogens is 366 g/mol. The van der Waals surface area contributed by atoms with Crippen molar-refractivity contribution in [1.82, 2.24) is 15.6 Å². The number of methoxy groups -OCH3 is 1. The summed E-state index contributed by atoms with van der Waals surface area (Å²) in [6.45, 7) is 0.322. The number of hydrogen-bond donors (Lipinski definition) is 2. The van der Waals surface area contributed by atoms with Gasteiger partial charge in [-0.3, -0.25) is 14.6 Å². The van der Waals surface area contributed by atoms with E-state index in [2.05, 4.69) is 15.6 Å². The van der Waals surface area contributed by atoms with Crippen LogP contribution in [0.4, 0.5) is 0 Å².